The van der Waals surface area contributed by atoms with E-state index >= 15 is 0 Å². The number of nitrogens with zero attached hydrogens (tertiary/aromatic N) is 3. The minimum absolute atomic E-state index is 0.729. The molecule has 0 saturated carbocycles. The average molecular weight is 235 g/mol. The van der Waals surface area contributed by atoms with Crippen molar-refractivity contribution in [3.8, 4) is 0 Å². The second-order valence-corrected chi connectivity index (χ2v) is 5.13. The van der Waals surface area contributed by atoms with Crippen LogP contribution in [-0.2, 0) is 6.42 Å². The number of aromatic amines is 1. The van der Waals surface area contributed by atoms with E-state index in [-0.39, 0.29) is 0 Å². The first-order valence-electron chi connectivity index (χ1n) is 6.75. The van der Waals surface area contributed by atoms with Crippen molar-refractivity contribution in [1.29, 1.82) is 0 Å². The van der Waals surface area contributed by atoms with Gasteiger partial charge in [-0.2, -0.15) is 5.10 Å². The number of aryl methyl sites for hydroxylation is 1. The van der Waals surface area contributed by atoms with Crippen LogP contribution in [0.15, 0.2) is 6.33 Å². The summed E-state index contributed by atoms with van der Waals surface area (Å²) >= 11 is 0. The highest BCUT2D eigenvalue weighted by Crippen LogP contribution is 2.27. The SMILES string of the molecule is c1n[nH]c(CCCNC2CCN3CCCC23)n1. The molecule has 3 heterocycles. The standard InChI is InChI=1S/C12H21N5/c1(4-12-14-9-15-16-12)6-13-10-5-8-17-7-2-3-11(10)17/h9-11,13H,1-8H2,(H,14,15,16). The Bertz CT molecular complexity index is 337. The fourth-order valence-corrected chi connectivity index (χ4v) is 3.22. The van der Waals surface area contributed by atoms with Gasteiger partial charge in [-0.1, -0.05) is 0 Å². The summed E-state index contributed by atoms with van der Waals surface area (Å²) in [6.45, 7) is 3.71. The third-order valence-corrected chi connectivity index (χ3v) is 4.07. The van der Waals surface area contributed by atoms with Crippen molar-refractivity contribution in [2.24, 2.45) is 0 Å². The highest BCUT2D eigenvalue weighted by molar-refractivity contribution is 4.95. The van der Waals surface area contributed by atoms with E-state index in [0.29, 0.717) is 0 Å². The zero-order valence-electron chi connectivity index (χ0n) is 10.2. The predicted octanol–water partition coefficient (Wildman–Crippen LogP) is 0.564. The molecular weight excluding hydrogens is 214 g/mol. The molecule has 1 aromatic heterocycles. The van der Waals surface area contributed by atoms with Gasteiger partial charge in [-0.25, -0.2) is 4.98 Å². The molecule has 3 rings (SSSR count). The average Bonchev–Trinajstić information content (AvgIpc) is 3.03. The maximum atomic E-state index is 4.14. The molecule has 2 fully saturated rings. The van der Waals surface area contributed by atoms with Gasteiger partial charge in [0.05, 0.1) is 0 Å². The van der Waals surface area contributed by atoms with Crippen LogP contribution in [-0.4, -0.2) is 51.8 Å². The van der Waals surface area contributed by atoms with Crippen LogP contribution in [0, 0.1) is 0 Å². The Morgan fingerprint density at radius 1 is 1.41 bits per heavy atom. The lowest BCUT2D eigenvalue weighted by molar-refractivity contribution is 0.299. The van der Waals surface area contributed by atoms with Gasteiger partial charge in [0.2, 0.25) is 0 Å². The Morgan fingerprint density at radius 3 is 3.29 bits per heavy atom. The van der Waals surface area contributed by atoms with E-state index in [0.717, 1.165) is 37.3 Å². The van der Waals surface area contributed by atoms with Crippen molar-refractivity contribution >= 4 is 0 Å². The van der Waals surface area contributed by atoms with Crippen LogP contribution in [0.2, 0.25) is 0 Å². The monoisotopic (exact) mass is 235 g/mol. The van der Waals surface area contributed by atoms with Crippen LogP contribution in [0.5, 0.6) is 0 Å². The number of rotatable bonds is 5. The summed E-state index contributed by atoms with van der Waals surface area (Å²) in [4.78, 5) is 6.78. The molecule has 2 atom stereocenters. The van der Waals surface area contributed by atoms with Gasteiger partial charge in [0.1, 0.15) is 12.2 Å². The lowest BCUT2D eigenvalue weighted by Crippen LogP contribution is -2.39. The van der Waals surface area contributed by atoms with Crippen molar-refractivity contribution < 1.29 is 0 Å². The van der Waals surface area contributed by atoms with Gasteiger partial charge in [0, 0.05) is 25.0 Å². The number of aromatic nitrogens is 3. The molecule has 0 aliphatic carbocycles. The number of H-pyrrole nitrogens is 1. The smallest absolute Gasteiger partial charge is 0.137 e. The molecule has 2 N–H and O–H groups in total. The van der Waals surface area contributed by atoms with Crippen molar-refractivity contribution in [2.45, 2.75) is 44.2 Å². The zero-order valence-corrected chi connectivity index (χ0v) is 10.2. The summed E-state index contributed by atoms with van der Waals surface area (Å²) in [5.41, 5.74) is 0. The summed E-state index contributed by atoms with van der Waals surface area (Å²) in [5, 5.41) is 10.5. The Balaban J connectivity index is 1.37. The first-order chi connectivity index (χ1) is 8.43. The number of hydrogen-bond acceptors (Lipinski definition) is 4. The van der Waals surface area contributed by atoms with Crippen molar-refractivity contribution in [3.63, 3.8) is 0 Å². The van der Waals surface area contributed by atoms with Gasteiger partial charge in [-0.15, -0.1) is 0 Å². The molecule has 1 aromatic rings. The van der Waals surface area contributed by atoms with Gasteiger partial charge in [-0.05, 0) is 38.8 Å². The van der Waals surface area contributed by atoms with Gasteiger partial charge in [0.15, 0.2) is 0 Å². The van der Waals surface area contributed by atoms with Gasteiger partial charge in [0.25, 0.3) is 0 Å². The van der Waals surface area contributed by atoms with Gasteiger partial charge in [-0.3, -0.25) is 10.00 Å². The minimum Gasteiger partial charge on any atom is -0.312 e. The molecular formula is C12H21N5. The van der Waals surface area contributed by atoms with E-state index < -0.39 is 0 Å². The summed E-state index contributed by atoms with van der Waals surface area (Å²) in [6.07, 6.45) is 7.82. The van der Waals surface area contributed by atoms with Gasteiger partial charge < -0.3 is 5.32 Å². The topological polar surface area (TPSA) is 56.8 Å². The van der Waals surface area contributed by atoms with Crippen LogP contribution in [0.3, 0.4) is 0 Å². The Hall–Kier alpha value is -0.940. The molecule has 2 saturated heterocycles. The molecule has 2 aliphatic heterocycles. The maximum Gasteiger partial charge on any atom is 0.137 e. The summed E-state index contributed by atoms with van der Waals surface area (Å²) in [6, 6.07) is 1.55. The van der Waals surface area contributed by atoms with E-state index in [1.807, 2.05) is 0 Å². The van der Waals surface area contributed by atoms with Crippen LogP contribution in [0.4, 0.5) is 0 Å². The zero-order chi connectivity index (χ0) is 11.5. The molecule has 2 aliphatic rings. The molecule has 5 nitrogen and oxygen atoms in total. The van der Waals surface area contributed by atoms with Crippen LogP contribution in [0.25, 0.3) is 0 Å². The maximum absolute atomic E-state index is 4.14. The number of nitrogens with one attached hydrogen (secondary N) is 2. The summed E-state index contributed by atoms with van der Waals surface area (Å²) < 4.78 is 0. The fourth-order valence-electron chi connectivity index (χ4n) is 3.22. The Morgan fingerprint density at radius 2 is 2.41 bits per heavy atom. The quantitative estimate of drug-likeness (QED) is 0.732. The third kappa shape index (κ3) is 2.50. The molecule has 5 heteroatoms. The lowest BCUT2D eigenvalue weighted by atomic mass is 10.1. The van der Waals surface area contributed by atoms with Crippen LogP contribution in [0.1, 0.15) is 31.5 Å². The molecule has 0 bridgehead atoms. The van der Waals surface area contributed by atoms with Crippen LogP contribution >= 0.6 is 0 Å². The normalized spacial score (nSPS) is 28.7. The summed E-state index contributed by atoms with van der Waals surface area (Å²) in [5.74, 6) is 1.00. The molecule has 94 valence electrons. The van der Waals surface area contributed by atoms with E-state index in [9.17, 15) is 0 Å². The highest BCUT2D eigenvalue weighted by atomic mass is 15.2. The molecule has 0 aromatic carbocycles. The second kappa shape index (κ2) is 5.14. The van der Waals surface area contributed by atoms with Crippen molar-refractivity contribution in [3.05, 3.63) is 12.2 Å². The molecule has 0 spiro atoms. The predicted molar refractivity (Wildman–Crippen MR) is 65.7 cm³/mol. The Kier molecular flexibility index (Phi) is 3.38. The van der Waals surface area contributed by atoms with Crippen molar-refractivity contribution in [1.82, 2.24) is 25.4 Å². The lowest BCUT2D eigenvalue weighted by Gasteiger charge is -2.21. The summed E-state index contributed by atoms with van der Waals surface area (Å²) in [7, 11) is 0. The molecule has 17 heavy (non-hydrogen) atoms. The minimum atomic E-state index is 0.729. The van der Waals surface area contributed by atoms with Gasteiger partial charge >= 0.3 is 0 Å². The largest absolute Gasteiger partial charge is 0.312 e. The van der Waals surface area contributed by atoms with Crippen LogP contribution < -0.4 is 5.32 Å². The Labute approximate surface area is 102 Å². The first kappa shape index (κ1) is 11.2. The van der Waals surface area contributed by atoms with Crippen molar-refractivity contribution in [2.75, 3.05) is 19.6 Å². The number of fused-ring (bicyclic) bond motifs is 1. The second-order valence-electron chi connectivity index (χ2n) is 5.13. The van der Waals surface area contributed by atoms with E-state index in [1.54, 1.807) is 6.33 Å². The van der Waals surface area contributed by atoms with E-state index in [1.165, 1.54) is 32.4 Å². The molecule has 2 unspecified atom stereocenters. The highest BCUT2D eigenvalue weighted by Gasteiger charge is 2.36. The number of hydrogen-bond donors (Lipinski definition) is 2. The van der Waals surface area contributed by atoms with E-state index in [2.05, 4.69) is 25.4 Å². The molecule has 0 amide bonds. The molecule has 0 radical (unpaired) electrons. The fraction of sp³-hybridized carbons (Fsp3) is 0.833. The van der Waals surface area contributed by atoms with E-state index in [4.69, 9.17) is 0 Å². The third-order valence-electron chi connectivity index (χ3n) is 4.07. The first-order valence-corrected chi connectivity index (χ1v) is 6.75.